The van der Waals surface area contributed by atoms with Crippen LogP contribution in [0.5, 0.6) is 11.5 Å². The first kappa shape index (κ1) is 14.9. The fourth-order valence-corrected chi connectivity index (χ4v) is 3.22. The van der Waals surface area contributed by atoms with Gasteiger partial charge in [-0.1, -0.05) is 17.4 Å². The van der Waals surface area contributed by atoms with Crippen LogP contribution in [0, 0.1) is 0 Å². The van der Waals surface area contributed by atoms with E-state index in [0.29, 0.717) is 12.8 Å². The molecule has 3 heterocycles. The van der Waals surface area contributed by atoms with Crippen LogP contribution in [0.1, 0.15) is 30.6 Å². The molecule has 0 radical (unpaired) electrons. The Morgan fingerprint density at radius 1 is 1.42 bits per heavy atom. The van der Waals surface area contributed by atoms with Gasteiger partial charge in [-0.05, 0) is 31.0 Å². The van der Waals surface area contributed by atoms with Crippen LogP contribution in [0.3, 0.4) is 0 Å². The summed E-state index contributed by atoms with van der Waals surface area (Å²) in [6.45, 7) is 2.18. The lowest BCUT2D eigenvalue weighted by Gasteiger charge is -2.11. The number of benzene rings is 1. The normalized spacial score (nSPS) is 14.0. The molecule has 24 heavy (non-hydrogen) atoms. The lowest BCUT2D eigenvalue weighted by Crippen LogP contribution is -2.27. The van der Waals surface area contributed by atoms with E-state index in [1.807, 2.05) is 31.3 Å². The van der Waals surface area contributed by atoms with Crippen molar-refractivity contribution < 1.29 is 14.3 Å². The van der Waals surface area contributed by atoms with Gasteiger partial charge in [-0.25, -0.2) is 9.50 Å². The van der Waals surface area contributed by atoms with Gasteiger partial charge in [0.05, 0.1) is 17.9 Å². The minimum Gasteiger partial charge on any atom is -0.454 e. The third kappa shape index (κ3) is 2.92. The maximum Gasteiger partial charge on any atom is 0.231 e. The van der Waals surface area contributed by atoms with Crippen molar-refractivity contribution in [2.45, 2.75) is 25.8 Å². The summed E-state index contributed by atoms with van der Waals surface area (Å²) in [6.07, 6.45) is 2.90. The molecule has 4 rings (SSSR count). The summed E-state index contributed by atoms with van der Waals surface area (Å²) in [5, 5.41) is 7.12. The zero-order valence-electron chi connectivity index (χ0n) is 13.1. The van der Waals surface area contributed by atoms with Crippen molar-refractivity contribution in [3.8, 4) is 11.5 Å². The van der Waals surface area contributed by atoms with Crippen LogP contribution in [0.2, 0.25) is 0 Å². The Morgan fingerprint density at radius 3 is 3.17 bits per heavy atom. The minimum absolute atomic E-state index is 0.00974. The average Bonchev–Trinajstić information content (AvgIpc) is 3.27. The van der Waals surface area contributed by atoms with Gasteiger partial charge in [-0.15, -0.1) is 0 Å². The fraction of sp³-hybridized carbons (Fsp3) is 0.312. The molecule has 0 aliphatic carbocycles. The summed E-state index contributed by atoms with van der Waals surface area (Å²) in [6, 6.07) is 5.61. The number of imidazole rings is 1. The van der Waals surface area contributed by atoms with E-state index < -0.39 is 0 Å². The highest BCUT2D eigenvalue weighted by atomic mass is 32.1. The van der Waals surface area contributed by atoms with Crippen LogP contribution in [0.15, 0.2) is 29.9 Å². The van der Waals surface area contributed by atoms with E-state index in [1.54, 1.807) is 10.0 Å². The van der Waals surface area contributed by atoms with Crippen molar-refractivity contribution in [3.05, 3.63) is 41.2 Å². The minimum atomic E-state index is -0.150. The summed E-state index contributed by atoms with van der Waals surface area (Å²) in [4.78, 5) is 17.5. The zero-order chi connectivity index (χ0) is 16.5. The van der Waals surface area contributed by atoms with E-state index in [-0.39, 0.29) is 18.7 Å². The van der Waals surface area contributed by atoms with Crippen LogP contribution in [-0.4, -0.2) is 27.3 Å². The molecular weight excluding hydrogens is 328 g/mol. The first-order chi connectivity index (χ1) is 11.7. The lowest BCUT2D eigenvalue weighted by atomic mass is 10.1. The highest BCUT2D eigenvalue weighted by Gasteiger charge is 2.16. The number of hydrogen-bond acceptors (Lipinski definition) is 6. The van der Waals surface area contributed by atoms with E-state index in [2.05, 4.69) is 15.4 Å². The molecule has 1 atom stereocenters. The Morgan fingerprint density at radius 2 is 2.29 bits per heavy atom. The number of rotatable bonds is 5. The Kier molecular flexibility index (Phi) is 3.81. The molecule has 2 aromatic heterocycles. The molecule has 0 bridgehead atoms. The summed E-state index contributed by atoms with van der Waals surface area (Å²) in [7, 11) is 0. The molecule has 1 amide bonds. The Labute approximate surface area is 142 Å². The number of aryl methyl sites for hydroxylation is 1. The Hall–Kier alpha value is -2.61. The zero-order valence-corrected chi connectivity index (χ0v) is 13.9. The average molecular weight is 344 g/mol. The van der Waals surface area contributed by atoms with Gasteiger partial charge in [0.1, 0.15) is 5.51 Å². The summed E-state index contributed by atoms with van der Waals surface area (Å²) in [5.41, 5.74) is 3.60. The van der Waals surface area contributed by atoms with Gasteiger partial charge in [0.2, 0.25) is 17.7 Å². The monoisotopic (exact) mass is 344 g/mol. The lowest BCUT2D eigenvalue weighted by molar-refractivity contribution is -0.121. The van der Waals surface area contributed by atoms with Crippen LogP contribution in [0.4, 0.5) is 0 Å². The summed E-state index contributed by atoms with van der Waals surface area (Å²) < 4.78 is 12.4. The van der Waals surface area contributed by atoms with Crippen molar-refractivity contribution in [3.63, 3.8) is 0 Å². The smallest absolute Gasteiger partial charge is 0.231 e. The third-order valence-electron chi connectivity index (χ3n) is 3.90. The Balaban J connectivity index is 1.33. The number of fused-ring (bicyclic) bond motifs is 2. The molecule has 8 heteroatoms. The van der Waals surface area contributed by atoms with Crippen molar-refractivity contribution >= 4 is 22.2 Å². The number of aromatic nitrogens is 3. The highest BCUT2D eigenvalue weighted by molar-refractivity contribution is 7.14. The van der Waals surface area contributed by atoms with Crippen LogP contribution in [0.25, 0.3) is 4.96 Å². The topological polar surface area (TPSA) is 77.8 Å². The Bertz CT molecular complexity index is 860. The van der Waals surface area contributed by atoms with Crippen LogP contribution < -0.4 is 14.8 Å². The maximum absolute atomic E-state index is 12.2. The molecule has 0 fully saturated rings. The van der Waals surface area contributed by atoms with Gasteiger partial charge in [-0.3, -0.25) is 4.79 Å². The molecule has 1 aliphatic rings. The number of nitrogens with zero attached hydrogens (tertiary/aromatic N) is 3. The van der Waals surface area contributed by atoms with Crippen molar-refractivity contribution in [2.75, 3.05) is 6.79 Å². The maximum atomic E-state index is 12.2. The summed E-state index contributed by atoms with van der Waals surface area (Å²) in [5.74, 6) is 1.49. The van der Waals surface area contributed by atoms with Crippen molar-refractivity contribution in [1.29, 1.82) is 0 Å². The first-order valence-corrected chi connectivity index (χ1v) is 8.53. The van der Waals surface area contributed by atoms with Gasteiger partial charge in [0.15, 0.2) is 11.5 Å². The van der Waals surface area contributed by atoms with Crippen LogP contribution >= 0.6 is 11.3 Å². The van der Waals surface area contributed by atoms with Gasteiger partial charge < -0.3 is 14.8 Å². The number of carbonyl (C=O) groups excluding carboxylic acids is 1. The predicted molar refractivity (Wildman–Crippen MR) is 88.3 cm³/mol. The van der Waals surface area contributed by atoms with Crippen molar-refractivity contribution in [2.24, 2.45) is 0 Å². The second-order valence-electron chi connectivity index (χ2n) is 5.61. The SMILES string of the molecule is CC(NC(=O)CCc1ccc2c(c1)OCO2)c1cn2ncsc2n1. The van der Waals surface area contributed by atoms with E-state index in [1.165, 1.54) is 11.3 Å². The molecule has 1 aliphatic heterocycles. The second-order valence-corrected chi connectivity index (χ2v) is 6.42. The van der Waals surface area contributed by atoms with Crippen LogP contribution in [-0.2, 0) is 11.2 Å². The van der Waals surface area contributed by atoms with Gasteiger partial charge in [0, 0.05) is 6.42 Å². The second kappa shape index (κ2) is 6.12. The van der Waals surface area contributed by atoms with Gasteiger partial charge in [0.25, 0.3) is 0 Å². The number of nitrogens with one attached hydrogen (secondary N) is 1. The quantitative estimate of drug-likeness (QED) is 0.769. The molecular formula is C16H16N4O3S. The molecule has 0 saturated carbocycles. The van der Waals surface area contributed by atoms with Crippen molar-refractivity contribution in [1.82, 2.24) is 19.9 Å². The molecule has 124 valence electrons. The van der Waals surface area contributed by atoms with E-state index in [0.717, 1.165) is 27.7 Å². The molecule has 1 aromatic carbocycles. The molecule has 0 saturated heterocycles. The molecule has 7 nitrogen and oxygen atoms in total. The van der Waals surface area contributed by atoms with Gasteiger partial charge >= 0.3 is 0 Å². The van der Waals surface area contributed by atoms with E-state index >= 15 is 0 Å². The van der Waals surface area contributed by atoms with E-state index in [9.17, 15) is 4.79 Å². The number of carbonyl (C=O) groups is 1. The van der Waals surface area contributed by atoms with Gasteiger partial charge in [-0.2, -0.15) is 5.10 Å². The number of amides is 1. The first-order valence-electron chi connectivity index (χ1n) is 7.66. The molecule has 0 spiro atoms. The number of ether oxygens (including phenoxy) is 2. The standard InChI is InChI=1S/C16H16N4O3S/c1-10(12-7-20-16(19-12)24-8-17-20)18-15(21)5-3-11-2-4-13-14(6-11)23-9-22-13/h2,4,6-8,10H,3,5,9H2,1H3,(H,18,21). The molecule has 1 unspecified atom stereocenters. The third-order valence-corrected chi connectivity index (χ3v) is 4.59. The van der Waals surface area contributed by atoms with E-state index in [4.69, 9.17) is 9.47 Å². The summed E-state index contributed by atoms with van der Waals surface area (Å²) >= 11 is 1.47. The predicted octanol–water partition coefficient (Wildman–Crippen LogP) is 2.33. The largest absolute Gasteiger partial charge is 0.454 e. The fourth-order valence-electron chi connectivity index (χ4n) is 2.61. The number of hydrogen-bond donors (Lipinski definition) is 1. The molecule has 1 N–H and O–H groups in total. The highest BCUT2D eigenvalue weighted by Crippen LogP contribution is 2.32. The molecule has 3 aromatic rings.